The highest BCUT2D eigenvalue weighted by Crippen LogP contribution is 2.42. The van der Waals surface area contributed by atoms with E-state index in [0.29, 0.717) is 4.90 Å². The molecule has 200 valence electrons. The highest BCUT2D eigenvalue weighted by atomic mass is 35.5. The van der Waals surface area contributed by atoms with Gasteiger partial charge in [0, 0.05) is 15.6 Å². The minimum absolute atomic E-state index is 0.124. The summed E-state index contributed by atoms with van der Waals surface area (Å²) in [6, 6.07) is 8.96. The van der Waals surface area contributed by atoms with Crippen LogP contribution in [0.2, 0.25) is 25.1 Å². The van der Waals surface area contributed by atoms with Crippen molar-refractivity contribution in [1.29, 1.82) is 0 Å². The van der Waals surface area contributed by atoms with Gasteiger partial charge >= 0.3 is 12.1 Å². The molecule has 0 aliphatic rings. The van der Waals surface area contributed by atoms with Crippen LogP contribution >= 0.6 is 69.8 Å². The van der Waals surface area contributed by atoms with E-state index in [1.54, 1.807) is 0 Å². The molecular formula is C23H12Cl5F3N2O4S. The van der Waals surface area contributed by atoms with Crippen LogP contribution in [0, 0.1) is 0 Å². The van der Waals surface area contributed by atoms with E-state index in [-0.39, 0.29) is 26.5 Å². The first kappa shape index (κ1) is 30.2. The molecule has 0 heterocycles. The highest BCUT2D eigenvalue weighted by Gasteiger charge is 2.34. The molecule has 0 saturated carbocycles. The molecule has 0 fully saturated rings. The number of nitrogens with one attached hydrogen (secondary N) is 2. The summed E-state index contributed by atoms with van der Waals surface area (Å²) in [5, 5.41) is 12.6. The molecule has 0 aliphatic carbocycles. The molecule has 0 saturated heterocycles. The number of anilines is 2. The van der Waals surface area contributed by atoms with E-state index < -0.39 is 56.4 Å². The first-order chi connectivity index (χ1) is 17.7. The van der Waals surface area contributed by atoms with Gasteiger partial charge in [-0.2, -0.15) is 13.2 Å². The van der Waals surface area contributed by atoms with Gasteiger partial charge in [0.1, 0.15) is 0 Å². The summed E-state index contributed by atoms with van der Waals surface area (Å²) in [6.45, 7) is 0. The summed E-state index contributed by atoms with van der Waals surface area (Å²) >= 11 is 30.5. The Balaban J connectivity index is 1.69. The Labute approximate surface area is 242 Å². The number of hydrogen-bond acceptors (Lipinski definition) is 4. The Hall–Kier alpha value is -2.34. The number of carboxylic acid groups (broad SMARTS) is 1. The number of carboxylic acids is 1. The molecule has 0 spiro atoms. The second kappa shape index (κ2) is 12.2. The summed E-state index contributed by atoms with van der Waals surface area (Å²) in [5.74, 6) is -3.37. The third-order valence-corrected chi connectivity index (χ3v) is 7.80. The average Bonchev–Trinajstić information content (AvgIpc) is 2.84. The molecule has 0 aliphatic heterocycles. The maximum Gasteiger partial charge on any atom is 0.418 e. The fourth-order valence-electron chi connectivity index (χ4n) is 3.07. The largest absolute Gasteiger partial charge is 0.478 e. The van der Waals surface area contributed by atoms with Crippen molar-refractivity contribution in [3.05, 3.63) is 84.3 Å². The van der Waals surface area contributed by atoms with Gasteiger partial charge in [0.2, 0.25) is 5.91 Å². The third-order valence-electron chi connectivity index (χ3n) is 4.75. The molecule has 15 heteroatoms. The molecule has 2 amide bonds. The lowest BCUT2D eigenvalue weighted by Crippen LogP contribution is -2.18. The van der Waals surface area contributed by atoms with Crippen molar-refractivity contribution in [2.45, 2.75) is 11.1 Å². The maximum atomic E-state index is 13.2. The lowest BCUT2D eigenvalue weighted by Gasteiger charge is -2.14. The molecule has 38 heavy (non-hydrogen) atoms. The second-order valence-corrected chi connectivity index (χ2v) is 10.3. The van der Waals surface area contributed by atoms with Gasteiger partial charge < -0.3 is 15.7 Å². The lowest BCUT2D eigenvalue weighted by molar-refractivity contribution is -0.137. The zero-order valence-electron chi connectivity index (χ0n) is 18.4. The van der Waals surface area contributed by atoms with Crippen LogP contribution in [0.4, 0.5) is 24.5 Å². The second-order valence-electron chi connectivity index (χ2n) is 7.31. The number of aromatic carboxylic acids is 1. The molecule has 0 aromatic heterocycles. The van der Waals surface area contributed by atoms with E-state index >= 15 is 0 Å². The van der Waals surface area contributed by atoms with Crippen LogP contribution < -0.4 is 10.6 Å². The van der Waals surface area contributed by atoms with Crippen molar-refractivity contribution in [1.82, 2.24) is 0 Å². The van der Waals surface area contributed by atoms with Gasteiger partial charge in [-0.05, 0) is 42.5 Å². The van der Waals surface area contributed by atoms with Crippen LogP contribution in [0.25, 0.3) is 0 Å². The number of rotatable bonds is 7. The summed E-state index contributed by atoms with van der Waals surface area (Å²) in [7, 11) is 0. The Morgan fingerprint density at radius 3 is 1.95 bits per heavy atom. The Kier molecular flexibility index (Phi) is 9.72. The fourth-order valence-corrected chi connectivity index (χ4v) is 4.96. The molecule has 0 atom stereocenters. The molecule has 3 N–H and O–H groups in total. The van der Waals surface area contributed by atoms with Crippen LogP contribution in [0.5, 0.6) is 0 Å². The van der Waals surface area contributed by atoms with E-state index in [4.69, 9.17) is 58.0 Å². The SMILES string of the molecule is O=C(CSc1ccc(NC(=O)c2c(Cl)c(Cl)c(Cl)c(Cl)c2C(=O)O)cc1)Nc1ccc(Cl)cc1C(F)(F)F. The van der Waals surface area contributed by atoms with E-state index in [1.165, 1.54) is 30.3 Å². The molecule has 0 bridgehead atoms. The first-order valence-corrected chi connectivity index (χ1v) is 12.9. The lowest BCUT2D eigenvalue weighted by atomic mass is 10.1. The van der Waals surface area contributed by atoms with Gasteiger partial charge in [-0.25, -0.2) is 4.79 Å². The van der Waals surface area contributed by atoms with Crippen molar-refractivity contribution in [2.75, 3.05) is 16.4 Å². The van der Waals surface area contributed by atoms with Crippen molar-refractivity contribution >= 4 is 98.9 Å². The van der Waals surface area contributed by atoms with Gasteiger partial charge in [0.25, 0.3) is 5.91 Å². The monoisotopic (exact) mass is 644 g/mol. The molecule has 6 nitrogen and oxygen atoms in total. The first-order valence-electron chi connectivity index (χ1n) is 10.0. The van der Waals surface area contributed by atoms with Gasteiger partial charge in [-0.3, -0.25) is 9.59 Å². The van der Waals surface area contributed by atoms with E-state index in [9.17, 15) is 32.7 Å². The van der Waals surface area contributed by atoms with Crippen LogP contribution in [0.15, 0.2) is 47.4 Å². The molecule has 0 radical (unpaired) electrons. The van der Waals surface area contributed by atoms with E-state index in [0.717, 1.165) is 23.9 Å². The van der Waals surface area contributed by atoms with E-state index in [1.807, 2.05) is 0 Å². The normalized spacial score (nSPS) is 11.3. The number of hydrogen-bond donors (Lipinski definition) is 3. The van der Waals surface area contributed by atoms with E-state index in [2.05, 4.69) is 10.6 Å². The number of halogens is 8. The minimum atomic E-state index is -4.71. The molecule has 3 rings (SSSR count). The van der Waals surface area contributed by atoms with Crippen molar-refractivity contribution in [3.63, 3.8) is 0 Å². The topological polar surface area (TPSA) is 95.5 Å². The predicted molar refractivity (Wildman–Crippen MR) is 144 cm³/mol. The van der Waals surface area contributed by atoms with Gasteiger partial charge in [-0.15, -0.1) is 11.8 Å². The summed E-state index contributed by atoms with van der Waals surface area (Å²) in [4.78, 5) is 37.3. The Bertz CT molecular complexity index is 1440. The molecule has 0 unspecified atom stereocenters. The highest BCUT2D eigenvalue weighted by molar-refractivity contribution is 8.00. The zero-order chi connectivity index (χ0) is 28.4. The van der Waals surface area contributed by atoms with Crippen LogP contribution in [-0.4, -0.2) is 28.6 Å². The summed E-state index contributed by atoms with van der Waals surface area (Å²) in [5.41, 5.74) is -2.38. The smallest absolute Gasteiger partial charge is 0.418 e. The number of carbonyl (C=O) groups excluding carboxylic acids is 2. The number of alkyl halides is 3. The van der Waals surface area contributed by atoms with Gasteiger partial charge in [0.15, 0.2) is 0 Å². The summed E-state index contributed by atoms with van der Waals surface area (Å²) < 4.78 is 39.6. The zero-order valence-corrected chi connectivity index (χ0v) is 22.9. The molecule has 3 aromatic carbocycles. The molecular weight excluding hydrogens is 635 g/mol. The minimum Gasteiger partial charge on any atom is -0.478 e. The molecule has 3 aromatic rings. The number of thioether (sulfide) groups is 1. The predicted octanol–water partition coefficient (Wildman–Crippen LogP) is 8.65. The number of amides is 2. The van der Waals surface area contributed by atoms with Gasteiger partial charge in [-0.1, -0.05) is 58.0 Å². The van der Waals surface area contributed by atoms with Crippen LogP contribution in [-0.2, 0) is 11.0 Å². The Morgan fingerprint density at radius 2 is 1.39 bits per heavy atom. The van der Waals surface area contributed by atoms with Crippen molar-refractivity contribution in [2.24, 2.45) is 0 Å². The quantitative estimate of drug-likeness (QED) is 0.136. The van der Waals surface area contributed by atoms with Crippen molar-refractivity contribution < 1.29 is 32.7 Å². The fraction of sp³-hybridized carbons (Fsp3) is 0.0870. The van der Waals surface area contributed by atoms with Crippen molar-refractivity contribution in [3.8, 4) is 0 Å². The number of benzene rings is 3. The van der Waals surface area contributed by atoms with Gasteiger partial charge in [0.05, 0.1) is 48.2 Å². The maximum absolute atomic E-state index is 13.2. The third kappa shape index (κ3) is 6.99. The number of carbonyl (C=O) groups is 3. The van der Waals surface area contributed by atoms with Crippen LogP contribution in [0.1, 0.15) is 26.3 Å². The average molecular weight is 647 g/mol. The van der Waals surface area contributed by atoms with Crippen LogP contribution in [0.3, 0.4) is 0 Å². The Morgan fingerprint density at radius 1 is 0.816 bits per heavy atom. The standard InChI is InChI=1S/C23H12Cl5F3N2O4S/c24-9-1-6-13(12(7-9)23(29,30)31)33-14(34)8-38-11-4-2-10(3-5-11)32-21(35)15-16(22(36)37)18(26)20(28)19(27)17(15)25/h1-7H,8H2,(H,32,35)(H,33,34)(H,36,37). The summed E-state index contributed by atoms with van der Waals surface area (Å²) in [6.07, 6.45) is -4.71.